The number of hydrogen-bond donors (Lipinski definition) is 2. The largest absolute Gasteiger partial charge is 0.497 e. The predicted octanol–water partition coefficient (Wildman–Crippen LogP) is 2.60. The van der Waals surface area contributed by atoms with Crippen molar-refractivity contribution < 1.29 is 4.74 Å². The van der Waals surface area contributed by atoms with Crippen molar-refractivity contribution in [2.75, 3.05) is 7.11 Å². The van der Waals surface area contributed by atoms with Crippen LogP contribution in [0.5, 0.6) is 5.75 Å². The fraction of sp³-hybridized carbons (Fsp3) is 0.429. The molecule has 0 saturated heterocycles. The quantitative estimate of drug-likeness (QED) is 0.790. The smallest absolute Gasteiger partial charge is 0.119 e. The first-order valence-corrected chi connectivity index (χ1v) is 6.01. The normalized spacial score (nSPS) is 18.1. The number of hydrogen-bond acceptors (Lipinski definition) is 2. The number of nitrogens with one attached hydrogen (secondary N) is 2. The molecule has 2 aromatic rings. The Hall–Kier alpha value is -1.48. The minimum absolute atomic E-state index is 0.179. The van der Waals surface area contributed by atoms with Crippen LogP contribution >= 0.6 is 0 Å². The molecule has 1 aromatic carbocycles. The van der Waals surface area contributed by atoms with Gasteiger partial charge in [0.2, 0.25) is 0 Å². The van der Waals surface area contributed by atoms with Gasteiger partial charge in [-0.2, -0.15) is 0 Å². The van der Waals surface area contributed by atoms with E-state index in [0.717, 1.165) is 18.7 Å². The molecule has 0 fully saturated rings. The lowest BCUT2D eigenvalue weighted by molar-refractivity contribution is 0.360. The third-order valence-electron chi connectivity index (χ3n) is 3.56. The van der Waals surface area contributed by atoms with E-state index in [-0.39, 0.29) is 5.54 Å². The van der Waals surface area contributed by atoms with Crippen molar-refractivity contribution in [2.24, 2.45) is 0 Å². The Morgan fingerprint density at radius 1 is 1.29 bits per heavy atom. The second-order valence-corrected chi connectivity index (χ2v) is 5.41. The van der Waals surface area contributed by atoms with Crippen LogP contribution in [0.3, 0.4) is 0 Å². The summed E-state index contributed by atoms with van der Waals surface area (Å²) in [5.41, 5.74) is 4.13. The Morgan fingerprint density at radius 3 is 2.88 bits per heavy atom. The van der Waals surface area contributed by atoms with Crippen LogP contribution in [0.15, 0.2) is 18.2 Å². The number of ether oxygens (including phenoxy) is 1. The molecule has 3 nitrogen and oxygen atoms in total. The Bertz CT molecular complexity index is 569. The fourth-order valence-electron chi connectivity index (χ4n) is 2.59. The van der Waals surface area contributed by atoms with E-state index in [4.69, 9.17) is 4.74 Å². The van der Waals surface area contributed by atoms with Crippen molar-refractivity contribution in [3.8, 4) is 5.75 Å². The summed E-state index contributed by atoms with van der Waals surface area (Å²) in [6, 6.07) is 6.22. The Labute approximate surface area is 101 Å². The van der Waals surface area contributed by atoms with Crippen LogP contribution in [-0.4, -0.2) is 17.6 Å². The minimum Gasteiger partial charge on any atom is -0.497 e. The lowest BCUT2D eigenvalue weighted by atomic mass is 9.91. The Morgan fingerprint density at radius 2 is 2.12 bits per heavy atom. The highest BCUT2D eigenvalue weighted by molar-refractivity contribution is 5.86. The highest BCUT2D eigenvalue weighted by atomic mass is 16.5. The first kappa shape index (κ1) is 10.7. The summed E-state index contributed by atoms with van der Waals surface area (Å²) in [5.74, 6) is 0.920. The summed E-state index contributed by atoms with van der Waals surface area (Å²) >= 11 is 0. The second-order valence-electron chi connectivity index (χ2n) is 5.41. The molecular weight excluding hydrogens is 212 g/mol. The van der Waals surface area contributed by atoms with Gasteiger partial charge in [-0.15, -0.1) is 0 Å². The molecule has 3 rings (SSSR count). The number of aromatic amines is 1. The maximum atomic E-state index is 5.29. The number of benzene rings is 1. The van der Waals surface area contributed by atoms with Crippen LogP contribution in [0.25, 0.3) is 10.9 Å². The van der Waals surface area contributed by atoms with Crippen molar-refractivity contribution in [1.29, 1.82) is 0 Å². The molecule has 0 saturated carbocycles. The van der Waals surface area contributed by atoms with Gasteiger partial charge < -0.3 is 15.0 Å². The van der Waals surface area contributed by atoms with E-state index in [1.54, 1.807) is 7.11 Å². The molecule has 1 aliphatic rings. The summed E-state index contributed by atoms with van der Waals surface area (Å²) in [6.45, 7) is 5.40. The van der Waals surface area contributed by atoms with Gasteiger partial charge in [0.25, 0.3) is 0 Å². The maximum Gasteiger partial charge on any atom is 0.119 e. The highest BCUT2D eigenvalue weighted by Crippen LogP contribution is 2.31. The maximum absolute atomic E-state index is 5.29. The first-order valence-electron chi connectivity index (χ1n) is 6.01. The third kappa shape index (κ3) is 1.71. The molecule has 2 heterocycles. The monoisotopic (exact) mass is 230 g/mol. The van der Waals surface area contributed by atoms with Gasteiger partial charge in [0.1, 0.15) is 5.75 Å². The van der Waals surface area contributed by atoms with Crippen LogP contribution in [0, 0.1) is 0 Å². The van der Waals surface area contributed by atoms with E-state index in [1.165, 1.54) is 22.2 Å². The van der Waals surface area contributed by atoms with Crippen molar-refractivity contribution in [3.05, 3.63) is 29.5 Å². The number of methoxy groups -OCH3 is 1. The lowest BCUT2D eigenvalue weighted by Crippen LogP contribution is -2.44. The van der Waals surface area contributed by atoms with Gasteiger partial charge in [-0.05, 0) is 37.6 Å². The van der Waals surface area contributed by atoms with E-state index in [9.17, 15) is 0 Å². The summed E-state index contributed by atoms with van der Waals surface area (Å²) in [7, 11) is 1.71. The standard InChI is InChI=1S/C14H18N2O/c1-14(2)7-13-11(8-15-14)10-6-9(17-3)4-5-12(10)16-13/h4-6,15-16H,7-8H2,1-3H3. The van der Waals surface area contributed by atoms with E-state index >= 15 is 0 Å². The minimum atomic E-state index is 0.179. The second kappa shape index (κ2) is 3.50. The van der Waals surface area contributed by atoms with E-state index in [0.29, 0.717) is 0 Å². The molecule has 0 amide bonds. The van der Waals surface area contributed by atoms with Crippen LogP contribution in [0.2, 0.25) is 0 Å². The van der Waals surface area contributed by atoms with Gasteiger partial charge in [-0.1, -0.05) is 0 Å². The summed E-state index contributed by atoms with van der Waals surface area (Å²) in [4.78, 5) is 3.53. The molecule has 3 heteroatoms. The van der Waals surface area contributed by atoms with Gasteiger partial charge in [-0.3, -0.25) is 0 Å². The van der Waals surface area contributed by atoms with Crippen LogP contribution in [0.4, 0.5) is 0 Å². The molecule has 0 radical (unpaired) electrons. The zero-order valence-electron chi connectivity index (χ0n) is 10.6. The van der Waals surface area contributed by atoms with E-state index in [1.807, 2.05) is 6.07 Å². The summed E-state index contributed by atoms with van der Waals surface area (Å²) in [6.07, 6.45) is 1.04. The highest BCUT2D eigenvalue weighted by Gasteiger charge is 2.27. The topological polar surface area (TPSA) is 37.0 Å². The fourth-order valence-corrected chi connectivity index (χ4v) is 2.59. The van der Waals surface area contributed by atoms with E-state index < -0.39 is 0 Å². The molecule has 17 heavy (non-hydrogen) atoms. The average molecular weight is 230 g/mol. The SMILES string of the molecule is COc1ccc2[nH]c3c(c2c1)CNC(C)(C)C3. The summed E-state index contributed by atoms with van der Waals surface area (Å²) < 4.78 is 5.29. The number of rotatable bonds is 1. The molecular formula is C14H18N2O. The zero-order chi connectivity index (χ0) is 12.0. The number of H-pyrrole nitrogens is 1. The Kier molecular flexibility index (Phi) is 2.20. The van der Waals surface area contributed by atoms with E-state index in [2.05, 4.69) is 36.3 Å². The molecule has 0 bridgehead atoms. The molecule has 0 spiro atoms. The molecule has 0 atom stereocenters. The molecule has 90 valence electrons. The van der Waals surface area contributed by atoms with Gasteiger partial charge in [0.05, 0.1) is 7.11 Å². The molecule has 0 unspecified atom stereocenters. The van der Waals surface area contributed by atoms with Gasteiger partial charge in [0.15, 0.2) is 0 Å². The van der Waals surface area contributed by atoms with Crippen molar-refractivity contribution in [1.82, 2.24) is 10.3 Å². The summed E-state index contributed by atoms with van der Waals surface area (Å²) in [5, 5.41) is 4.85. The van der Waals surface area contributed by atoms with Crippen LogP contribution < -0.4 is 10.1 Å². The number of fused-ring (bicyclic) bond motifs is 3. The third-order valence-corrected chi connectivity index (χ3v) is 3.56. The van der Waals surface area contributed by atoms with Gasteiger partial charge in [0, 0.05) is 35.1 Å². The Balaban J connectivity index is 2.16. The lowest BCUT2D eigenvalue weighted by Gasteiger charge is -2.31. The zero-order valence-corrected chi connectivity index (χ0v) is 10.6. The van der Waals surface area contributed by atoms with Crippen molar-refractivity contribution in [3.63, 3.8) is 0 Å². The van der Waals surface area contributed by atoms with Gasteiger partial charge in [-0.25, -0.2) is 0 Å². The first-order chi connectivity index (χ1) is 8.09. The van der Waals surface area contributed by atoms with Crippen molar-refractivity contribution in [2.45, 2.75) is 32.4 Å². The van der Waals surface area contributed by atoms with Crippen LogP contribution in [-0.2, 0) is 13.0 Å². The number of aromatic nitrogens is 1. The van der Waals surface area contributed by atoms with Gasteiger partial charge >= 0.3 is 0 Å². The average Bonchev–Trinajstić information content (AvgIpc) is 2.63. The predicted molar refractivity (Wildman–Crippen MR) is 69.5 cm³/mol. The molecule has 1 aromatic heterocycles. The molecule has 1 aliphatic heterocycles. The van der Waals surface area contributed by atoms with Crippen LogP contribution in [0.1, 0.15) is 25.1 Å². The molecule has 0 aliphatic carbocycles. The molecule has 2 N–H and O–H groups in total. The van der Waals surface area contributed by atoms with Crippen molar-refractivity contribution >= 4 is 10.9 Å².